The Balaban J connectivity index is 1.87. The van der Waals surface area contributed by atoms with Crippen molar-refractivity contribution in [2.45, 2.75) is 0 Å². The first kappa shape index (κ1) is 20.0. The molecule has 0 atom stereocenters. The van der Waals surface area contributed by atoms with Crippen molar-refractivity contribution in [2.75, 3.05) is 48.8 Å². The molecule has 2 heterocycles. The molecule has 0 amide bonds. The van der Waals surface area contributed by atoms with Crippen LogP contribution in [0.4, 0.5) is 17.2 Å². The van der Waals surface area contributed by atoms with Gasteiger partial charge >= 0.3 is 5.69 Å². The Labute approximate surface area is 166 Å². The van der Waals surface area contributed by atoms with Gasteiger partial charge in [0.25, 0.3) is 5.56 Å². The monoisotopic (exact) mass is 407 g/mol. The molecular formula is C18H22ClN5O4. The molecule has 1 aliphatic rings. The van der Waals surface area contributed by atoms with Gasteiger partial charge in [0.05, 0.1) is 31.1 Å². The molecule has 0 saturated carbocycles. The average molecular weight is 408 g/mol. The summed E-state index contributed by atoms with van der Waals surface area (Å²) in [5.41, 5.74) is 5.89. The van der Waals surface area contributed by atoms with Crippen LogP contribution in [0.2, 0.25) is 5.02 Å². The van der Waals surface area contributed by atoms with Crippen LogP contribution in [0.3, 0.4) is 0 Å². The summed E-state index contributed by atoms with van der Waals surface area (Å²) >= 11 is 6.12. The number of nitrogens with zero attached hydrogens (tertiary/aromatic N) is 3. The van der Waals surface area contributed by atoms with E-state index in [1.165, 1.54) is 14.1 Å². The molecule has 1 aromatic heterocycles. The highest BCUT2D eigenvalue weighted by molar-refractivity contribution is 6.31. The number of hydrogen-bond donors (Lipinski definition) is 2. The minimum absolute atomic E-state index is 0.153. The molecule has 10 heteroatoms. The minimum atomic E-state index is -0.716. The van der Waals surface area contributed by atoms with Gasteiger partial charge in [-0.15, -0.1) is 0 Å². The van der Waals surface area contributed by atoms with Crippen molar-refractivity contribution in [3.8, 4) is 0 Å². The molecule has 0 aliphatic carbocycles. The number of anilines is 3. The lowest BCUT2D eigenvalue weighted by Gasteiger charge is -2.30. The number of carbonyl (C=O) groups is 1. The maximum absolute atomic E-state index is 12.7. The van der Waals surface area contributed by atoms with Gasteiger partial charge in [-0.25, -0.2) is 4.79 Å². The Bertz CT molecular complexity index is 1020. The Morgan fingerprint density at radius 3 is 2.57 bits per heavy atom. The summed E-state index contributed by atoms with van der Waals surface area (Å²) in [5.74, 6) is -0.666. The lowest BCUT2D eigenvalue weighted by atomic mass is 10.1. The van der Waals surface area contributed by atoms with Gasteiger partial charge in [0.2, 0.25) is 0 Å². The van der Waals surface area contributed by atoms with E-state index in [4.69, 9.17) is 22.1 Å². The number of morpholine rings is 1. The van der Waals surface area contributed by atoms with Crippen molar-refractivity contribution in [3.05, 3.63) is 49.6 Å². The van der Waals surface area contributed by atoms with Crippen molar-refractivity contribution in [2.24, 2.45) is 14.1 Å². The standard InChI is InChI=1S/C18H22ClN5O4/c1-22-16(20)15(17(26)23(2)18(22)27)14(25)10-21-12-9-11(19)3-4-13(12)24-5-7-28-8-6-24/h3-4,9,21H,5-8,10,20H2,1-2H3. The fourth-order valence-corrected chi connectivity index (χ4v) is 3.29. The van der Waals surface area contributed by atoms with E-state index >= 15 is 0 Å². The zero-order valence-electron chi connectivity index (χ0n) is 15.7. The first-order valence-corrected chi connectivity index (χ1v) is 9.14. The average Bonchev–Trinajstić information content (AvgIpc) is 2.70. The van der Waals surface area contributed by atoms with Gasteiger partial charge in [-0.3, -0.25) is 18.7 Å². The van der Waals surface area contributed by atoms with Crippen LogP contribution < -0.4 is 27.2 Å². The summed E-state index contributed by atoms with van der Waals surface area (Å²) < 4.78 is 7.32. The summed E-state index contributed by atoms with van der Waals surface area (Å²) in [6, 6.07) is 5.38. The van der Waals surface area contributed by atoms with Gasteiger partial charge in [0, 0.05) is 32.2 Å². The van der Waals surface area contributed by atoms with Gasteiger partial charge in [0.1, 0.15) is 11.4 Å². The predicted octanol–water partition coefficient (Wildman–Crippen LogP) is 0.451. The van der Waals surface area contributed by atoms with E-state index in [1.807, 2.05) is 6.07 Å². The third-order valence-electron chi connectivity index (χ3n) is 4.74. The third kappa shape index (κ3) is 3.76. The Morgan fingerprint density at radius 1 is 1.21 bits per heavy atom. The molecule has 28 heavy (non-hydrogen) atoms. The Morgan fingerprint density at radius 2 is 1.89 bits per heavy atom. The van der Waals surface area contributed by atoms with Crippen molar-refractivity contribution in [3.63, 3.8) is 0 Å². The largest absolute Gasteiger partial charge is 0.384 e. The number of halogens is 1. The predicted molar refractivity (Wildman–Crippen MR) is 109 cm³/mol. The van der Waals surface area contributed by atoms with Gasteiger partial charge in [0.15, 0.2) is 5.78 Å². The smallest absolute Gasteiger partial charge is 0.332 e. The van der Waals surface area contributed by atoms with E-state index < -0.39 is 17.0 Å². The molecule has 3 rings (SSSR count). The summed E-state index contributed by atoms with van der Waals surface area (Å²) in [5, 5.41) is 3.57. The number of ketones is 1. The molecule has 1 aliphatic heterocycles. The van der Waals surface area contributed by atoms with Crippen LogP contribution in [0, 0.1) is 0 Å². The fourth-order valence-electron chi connectivity index (χ4n) is 3.12. The van der Waals surface area contributed by atoms with Gasteiger partial charge in [-0.05, 0) is 18.2 Å². The van der Waals surface area contributed by atoms with Crippen LogP contribution in [-0.2, 0) is 18.8 Å². The Kier molecular flexibility index (Phi) is 5.76. The van der Waals surface area contributed by atoms with Gasteiger partial charge < -0.3 is 20.7 Å². The molecular weight excluding hydrogens is 386 g/mol. The third-order valence-corrected chi connectivity index (χ3v) is 4.97. The molecule has 0 spiro atoms. The second kappa shape index (κ2) is 8.07. The molecule has 9 nitrogen and oxygen atoms in total. The highest BCUT2D eigenvalue weighted by Gasteiger charge is 2.21. The van der Waals surface area contributed by atoms with E-state index in [0.717, 1.165) is 27.9 Å². The highest BCUT2D eigenvalue weighted by atomic mass is 35.5. The van der Waals surface area contributed by atoms with Crippen LogP contribution in [-0.4, -0.2) is 47.8 Å². The summed E-state index contributed by atoms with van der Waals surface area (Å²) in [7, 11) is 2.72. The summed E-state index contributed by atoms with van der Waals surface area (Å²) in [6.07, 6.45) is 0. The SMILES string of the molecule is Cn1c(N)c(C(=O)CNc2cc(Cl)ccc2N2CCOCC2)c(=O)n(C)c1=O. The van der Waals surface area contributed by atoms with E-state index in [0.29, 0.717) is 23.9 Å². The molecule has 1 aromatic carbocycles. The zero-order valence-corrected chi connectivity index (χ0v) is 16.5. The number of nitrogen functional groups attached to an aromatic ring is 1. The molecule has 0 radical (unpaired) electrons. The lowest BCUT2D eigenvalue weighted by Crippen LogP contribution is -2.42. The maximum Gasteiger partial charge on any atom is 0.332 e. The van der Waals surface area contributed by atoms with Crippen LogP contribution in [0.25, 0.3) is 0 Å². The van der Waals surface area contributed by atoms with Crippen molar-refractivity contribution < 1.29 is 9.53 Å². The quantitative estimate of drug-likeness (QED) is 0.692. The van der Waals surface area contributed by atoms with Crippen LogP contribution in [0.1, 0.15) is 10.4 Å². The molecule has 1 saturated heterocycles. The fraction of sp³-hybridized carbons (Fsp3) is 0.389. The van der Waals surface area contributed by atoms with Crippen molar-refractivity contribution in [1.29, 1.82) is 0 Å². The molecule has 150 valence electrons. The topological polar surface area (TPSA) is 112 Å². The van der Waals surface area contributed by atoms with E-state index in [1.54, 1.807) is 12.1 Å². The molecule has 2 aromatic rings. The summed E-state index contributed by atoms with van der Waals surface area (Å²) in [6.45, 7) is 2.50. The number of nitrogens with one attached hydrogen (secondary N) is 1. The number of ether oxygens (including phenoxy) is 1. The number of Topliss-reactive ketones (excluding diaryl/α,β-unsaturated/α-hetero) is 1. The van der Waals surface area contributed by atoms with Gasteiger partial charge in [-0.1, -0.05) is 11.6 Å². The second-order valence-corrected chi connectivity index (χ2v) is 6.94. The van der Waals surface area contributed by atoms with Crippen LogP contribution in [0.15, 0.2) is 27.8 Å². The number of benzene rings is 1. The molecule has 3 N–H and O–H groups in total. The summed E-state index contributed by atoms with van der Waals surface area (Å²) in [4.78, 5) is 39.1. The maximum atomic E-state index is 12.7. The van der Waals surface area contributed by atoms with Crippen molar-refractivity contribution in [1.82, 2.24) is 9.13 Å². The number of aromatic nitrogens is 2. The molecule has 0 bridgehead atoms. The zero-order chi connectivity index (χ0) is 20.4. The van der Waals surface area contributed by atoms with Crippen LogP contribution >= 0.6 is 11.6 Å². The second-order valence-electron chi connectivity index (χ2n) is 6.50. The van der Waals surface area contributed by atoms with E-state index in [9.17, 15) is 14.4 Å². The minimum Gasteiger partial charge on any atom is -0.384 e. The normalized spacial score (nSPS) is 14.2. The number of rotatable bonds is 5. The number of carbonyl (C=O) groups excluding carboxylic acids is 1. The first-order valence-electron chi connectivity index (χ1n) is 8.76. The molecule has 0 unspecified atom stereocenters. The lowest BCUT2D eigenvalue weighted by molar-refractivity contribution is 0.100. The number of nitrogens with two attached hydrogens (primary N) is 1. The van der Waals surface area contributed by atoms with E-state index in [2.05, 4.69) is 10.2 Å². The van der Waals surface area contributed by atoms with Gasteiger partial charge in [-0.2, -0.15) is 0 Å². The highest BCUT2D eigenvalue weighted by Crippen LogP contribution is 2.29. The van der Waals surface area contributed by atoms with Crippen molar-refractivity contribution >= 4 is 34.6 Å². The van der Waals surface area contributed by atoms with E-state index in [-0.39, 0.29) is 17.9 Å². The van der Waals surface area contributed by atoms with Crippen LogP contribution in [0.5, 0.6) is 0 Å². The number of hydrogen-bond acceptors (Lipinski definition) is 7. The molecule has 1 fully saturated rings. The Hall–Kier alpha value is -2.78. The first-order chi connectivity index (χ1) is 13.3.